The van der Waals surface area contributed by atoms with Crippen molar-refractivity contribution in [1.82, 2.24) is 5.32 Å². The molecule has 1 aromatic carbocycles. The van der Waals surface area contributed by atoms with Crippen molar-refractivity contribution in [2.75, 3.05) is 7.11 Å². The minimum atomic E-state index is -0.352. The number of hydrogen-bond acceptors (Lipinski definition) is 3. The van der Waals surface area contributed by atoms with E-state index in [4.69, 9.17) is 4.74 Å². The average Bonchev–Trinajstić information content (AvgIpc) is 2.35. The number of methoxy groups -OCH3 is 1. The molecule has 0 amide bonds. The molecule has 0 aliphatic heterocycles. The van der Waals surface area contributed by atoms with Crippen molar-refractivity contribution < 1.29 is 9.53 Å². The summed E-state index contributed by atoms with van der Waals surface area (Å²) in [5.74, 6) is 1.08. The lowest BCUT2D eigenvalue weighted by Crippen LogP contribution is -2.51. The summed E-state index contributed by atoms with van der Waals surface area (Å²) in [6.07, 6.45) is 0.692. The monoisotopic (exact) mass is 291 g/mol. The Morgan fingerprint density at radius 1 is 1.10 bits per heavy atom. The smallest absolute Gasteiger partial charge is 0.155 e. The zero-order valence-electron chi connectivity index (χ0n) is 14.4. The van der Waals surface area contributed by atoms with Crippen LogP contribution < -0.4 is 10.1 Å². The Bertz CT molecular complexity index is 463. The van der Waals surface area contributed by atoms with Gasteiger partial charge in [-0.1, -0.05) is 32.9 Å². The van der Waals surface area contributed by atoms with Gasteiger partial charge in [-0.15, -0.1) is 0 Å². The molecular weight excluding hydrogens is 262 g/mol. The highest BCUT2D eigenvalue weighted by atomic mass is 16.5. The van der Waals surface area contributed by atoms with Gasteiger partial charge in [0.1, 0.15) is 5.75 Å². The van der Waals surface area contributed by atoms with E-state index in [-0.39, 0.29) is 22.8 Å². The Kier molecular flexibility index (Phi) is 5.57. The van der Waals surface area contributed by atoms with Crippen LogP contribution >= 0.6 is 0 Å². The Morgan fingerprint density at radius 3 is 2.00 bits per heavy atom. The van der Waals surface area contributed by atoms with Gasteiger partial charge in [0.15, 0.2) is 5.78 Å². The molecule has 0 heterocycles. The molecule has 118 valence electrons. The van der Waals surface area contributed by atoms with Crippen molar-refractivity contribution in [2.45, 2.75) is 59.5 Å². The number of benzene rings is 1. The molecule has 0 aliphatic rings. The summed E-state index contributed by atoms with van der Waals surface area (Å²) < 4.78 is 5.17. The summed E-state index contributed by atoms with van der Waals surface area (Å²) >= 11 is 0. The number of carbonyl (C=O) groups excluding carboxylic acids is 1. The first-order valence-electron chi connectivity index (χ1n) is 7.48. The van der Waals surface area contributed by atoms with E-state index < -0.39 is 0 Å². The molecule has 0 aliphatic carbocycles. The van der Waals surface area contributed by atoms with Crippen molar-refractivity contribution in [3.05, 3.63) is 29.8 Å². The maximum absolute atomic E-state index is 12.7. The molecule has 3 heteroatoms. The van der Waals surface area contributed by atoms with E-state index >= 15 is 0 Å². The Labute approximate surface area is 129 Å². The third-order valence-electron chi connectivity index (χ3n) is 3.26. The Hall–Kier alpha value is -1.35. The second kappa shape index (κ2) is 6.61. The minimum absolute atomic E-state index is 0.0992. The van der Waals surface area contributed by atoms with E-state index in [1.165, 1.54) is 0 Å². The minimum Gasteiger partial charge on any atom is -0.497 e. The molecule has 1 aromatic rings. The Balaban J connectivity index is 2.93. The molecule has 0 saturated heterocycles. The van der Waals surface area contributed by atoms with E-state index in [2.05, 4.69) is 26.1 Å². The maximum Gasteiger partial charge on any atom is 0.155 e. The van der Waals surface area contributed by atoms with Gasteiger partial charge in [-0.05, 0) is 44.9 Å². The van der Waals surface area contributed by atoms with E-state index in [1.807, 2.05) is 45.0 Å². The largest absolute Gasteiger partial charge is 0.497 e. The first-order valence-corrected chi connectivity index (χ1v) is 7.48. The van der Waals surface area contributed by atoms with Crippen LogP contribution in [-0.4, -0.2) is 24.5 Å². The van der Waals surface area contributed by atoms with Gasteiger partial charge >= 0.3 is 0 Å². The van der Waals surface area contributed by atoms with Gasteiger partial charge < -0.3 is 10.1 Å². The molecule has 0 saturated carbocycles. The van der Waals surface area contributed by atoms with Crippen molar-refractivity contribution in [1.29, 1.82) is 0 Å². The second-order valence-electron chi connectivity index (χ2n) is 7.61. The molecule has 0 bridgehead atoms. The SMILES string of the molecule is COc1ccc(C[C@@H](NC(C)(C)C)C(=O)C(C)(C)C)cc1. The van der Waals surface area contributed by atoms with Crippen LogP contribution in [0.2, 0.25) is 0 Å². The van der Waals surface area contributed by atoms with E-state index in [9.17, 15) is 4.79 Å². The van der Waals surface area contributed by atoms with E-state index in [1.54, 1.807) is 7.11 Å². The molecule has 1 rings (SSSR count). The number of Topliss-reactive ketones (excluding diaryl/α,β-unsaturated/α-hetero) is 1. The van der Waals surface area contributed by atoms with Crippen LogP contribution in [0.25, 0.3) is 0 Å². The molecule has 0 spiro atoms. The lowest BCUT2D eigenvalue weighted by atomic mass is 9.83. The first kappa shape index (κ1) is 17.7. The zero-order valence-corrected chi connectivity index (χ0v) is 14.4. The number of ketones is 1. The van der Waals surface area contributed by atoms with Crippen LogP contribution in [0.3, 0.4) is 0 Å². The highest BCUT2D eigenvalue weighted by Gasteiger charge is 2.31. The Morgan fingerprint density at radius 2 is 1.62 bits per heavy atom. The summed E-state index contributed by atoms with van der Waals surface area (Å²) in [5, 5.41) is 3.46. The molecule has 1 N–H and O–H groups in total. The molecule has 0 unspecified atom stereocenters. The molecule has 0 fully saturated rings. The second-order valence-corrected chi connectivity index (χ2v) is 7.61. The number of rotatable bonds is 5. The molecule has 3 nitrogen and oxygen atoms in total. The van der Waals surface area contributed by atoms with Gasteiger partial charge in [-0.3, -0.25) is 4.79 Å². The van der Waals surface area contributed by atoms with Crippen LogP contribution in [-0.2, 0) is 11.2 Å². The highest BCUT2D eigenvalue weighted by Crippen LogP contribution is 2.21. The number of hydrogen-bond donors (Lipinski definition) is 1. The van der Waals surface area contributed by atoms with Gasteiger partial charge in [0.25, 0.3) is 0 Å². The van der Waals surface area contributed by atoms with Gasteiger partial charge in [-0.2, -0.15) is 0 Å². The fraction of sp³-hybridized carbons (Fsp3) is 0.611. The van der Waals surface area contributed by atoms with Gasteiger partial charge in [0.05, 0.1) is 13.2 Å². The predicted molar refractivity (Wildman–Crippen MR) is 87.8 cm³/mol. The molecule has 21 heavy (non-hydrogen) atoms. The number of ether oxygens (including phenoxy) is 1. The topological polar surface area (TPSA) is 38.3 Å². The van der Waals surface area contributed by atoms with Crippen molar-refractivity contribution >= 4 is 5.78 Å². The van der Waals surface area contributed by atoms with E-state index in [0.717, 1.165) is 11.3 Å². The van der Waals surface area contributed by atoms with Crippen LogP contribution in [0.15, 0.2) is 24.3 Å². The molecular formula is C18H29NO2. The number of carbonyl (C=O) groups is 1. The van der Waals surface area contributed by atoms with Crippen molar-refractivity contribution in [3.63, 3.8) is 0 Å². The fourth-order valence-electron chi connectivity index (χ4n) is 2.25. The summed E-state index contributed by atoms with van der Waals surface area (Å²) in [6, 6.07) is 7.73. The third kappa shape index (κ3) is 5.88. The number of nitrogens with one attached hydrogen (secondary N) is 1. The zero-order chi connectivity index (χ0) is 16.3. The van der Waals surface area contributed by atoms with Crippen LogP contribution in [0, 0.1) is 5.41 Å². The average molecular weight is 291 g/mol. The van der Waals surface area contributed by atoms with Crippen molar-refractivity contribution in [2.24, 2.45) is 5.41 Å². The lowest BCUT2D eigenvalue weighted by Gasteiger charge is -2.32. The van der Waals surface area contributed by atoms with Crippen LogP contribution in [0.1, 0.15) is 47.1 Å². The lowest BCUT2D eigenvalue weighted by molar-refractivity contribution is -0.128. The molecule has 0 radical (unpaired) electrons. The third-order valence-corrected chi connectivity index (χ3v) is 3.26. The predicted octanol–water partition coefficient (Wildman–Crippen LogP) is 3.61. The summed E-state index contributed by atoms with van der Waals surface area (Å²) in [4.78, 5) is 12.7. The quantitative estimate of drug-likeness (QED) is 0.900. The van der Waals surface area contributed by atoms with Crippen LogP contribution in [0.4, 0.5) is 0 Å². The summed E-state index contributed by atoms with van der Waals surface area (Å²) in [5.41, 5.74) is 0.683. The molecule has 0 aromatic heterocycles. The first-order chi connectivity index (χ1) is 9.53. The van der Waals surface area contributed by atoms with Crippen molar-refractivity contribution in [3.8, 4) is 5.75 Å². The normalized spacial score (nSPS) is 13.9. The highest BCUT2D eigenvalue weighted by molar-refractivity contribution is 5.89. The van der Waals surface area contributed by atoms with Gasteiger partial charge in [0.2, 0.25) is 0 Å². The standard InChI is InChI=1S/C18H29NO2/c1-17(2,3)16(20)15(19-18(4,5)6)12-13-8-10-14(21-7)11-9-13/h8-11,15,19H,12H2,1-7H3/t15-/m1/s1. The summed E-state index contributed by atoms with van der Waals surface area (Å²) in [7, 11) is 1.65. The fourth-order valence-corrected chi connectivity index (χ4v) is 2.25. The van der Waals surface area contributed by atoms with Crippen LogP contribution in [0.5, 0.6) is 5.75 Å². The van der Waals surface area contributed by atoms with Gasteiger partial charge in [-0.25, -0.2) is 0 Å². The van der Waals surface area contributed by atoms with E-state index in [0.29, 0.717) is 6.42 Å². The molecule has 1 atom stereocenters. The van der Waals surface area contributed by atoms with Gasteiger partial charge in [0, 0.05) is 11.0 Å². The maximum atomic E-state index is 12.7. The summed E-state index contributed by atoms with van der Waals surface area (Å²) in [6.45, 7) is 12.2.